The van der Waals surface area contributed by atoms with Crippen molar-refractivity contribution in [2.24, 2.45) is 0 Å². The topological polar surface area (TPSA) is 74.7 Å². The third-order valence-electron chi connectivity index (χ3n) is 5.36. The Labute approximate surface area is 158 Å². The first-order chi connectivity index (χ1) is 12.7. The molecule has 2 aromatic carbocycles. The molecule has 0 saturated carbocycles. The number of allylic oxidation sites excluding steroid dienone is 1. The highest BCUT2D eigenvalue weighted by Gasteiger charge is 2.45. The fraction of sp³-hybridized carbons (Fsp3) is 0.190. The van der Waals surface area contributed by atoms with Crippen molar-refractivity contribution in [3.05, 3.63) is 70.4 Å². The highest BCUT2D eigenvalue weighted by molar-refractivity contribution is 7.93. The van der Waals surface area contributed by atoms with Crippen LogP contribution in [0.2, 0.25) is 0 Å². The van der Waals surface area contributed by atoms with E-state index in [0.717, 1.165) is 11.1 Å². The van der Waals surface area contributed by atoms with Gasteiger partial charge in [0.1, 0.15) is 5.75 Å². The van der Waals surface area contributed by atoms with Gasteiger partial charge >= 0.3 is 0 Å². The number of hydrogen-bond acceptors (Lipinski definition) is 5. The minimum atomic E-state index is -3.95. The van der Waals surface area contributed by atoms with Crippen LogP contribution in [0.15, 0.2) is 53.1 Å². The largest absolute Gasteiger partial charge is 0.508 e. The van der Waals surface area contributed by atoms with E-state index in [0.29, 0.717) is 22.5 Å². The third-order valence-corrected chi connectivity index (χ3v) is 7.45. The highest BCUT2D eigenvalue weighted by atomic mass is 32.2. The summed E-state index contributed by atoms with van der Waals surface area (Å²) in [6.07, 6.45) is 4.83. The van der Waals surface area contributed by atoms with Gasteiger partial charge in [0, 0.05) is 17.3 Å². The van der Waals surface area contributed by atoms with E-state index in [4.69, 9.17) is 0 Å². The fourth-order valence-corrected chi connectivity index (χ4v) is 5.63. The van der Waals surface area contributed by atoms with Gasteiger partial charge in [-0.2, -0.15) is 0 Å². The second-order valence-electron chi connectivity index (χ2n) is 6.95. The van der Waals surface area contributed by atoms with E-state index in [9.17, 15) is 18.3 Å². The zero-order valence-electron chi connectivity index (χ0n) is 15.2. The molecule has 138 valence electrons. The summed E-state index contributed by atoms with van der Waals surface area (Å²) in [5, 5.41) is 8.38. The van der Waals surface area contributed by atoms with Gasteiger partial charge in [-0.15, -0.1) is 0 Å². The normalized spacial score (nSPS) is 18.3. The van der Waals surface area contributed by atoms with E-state index in [1.807, 2.05) is 13.8 Å². The molecule has 6 heteroatoms. The zero-order chi connectivity index (χ0) is 19.5. The smallest absolute Gasteiger partial charge is 0.207 e. The summed E-state index contributed by atoms with van der Waals surface area (Å²) in [4.78, 5) is 14.4. The summed E-state index contributed by atoms with van der Waals surface area (Å²) in [7, 11) is -3.95. The molecule has 2 aliphatic heterocycles. The van der Waals surface area contributed by atoms with E-state index in [-0.39, 0.29) is 10.6 Å². The number of sulfone groups is 1. The predicted molar refractivity (Wildman–Crippen MR) is 104 cm³/mol. The Morgan fingerprint density at radius 3 is 2.48 bits per heavy atom. The van der Waals surface area contributed by atoms with Crippen LogP contribution in [0.3, 0.4) is 0 Å². The van der Waals surface area contributed by atoms with Crippen molar-refractivity contribution in [3.8, 4) is 5.75 Å². The van der Waals surface area contributed by atoms with Crippen LogP contribution in [0.1, 0.15) is 22.3 Å². The number of ketones is 1. The molecule has 0 saturated heterocycles. The number of benzene rings is 2. The average molecular weight is 381 g/mol. The maximum Gasteiger partial charge on any atom is 0.207 e. The number of carbonyl (C=O) groups excluding carboxylic acids is 1. The quantitative estimate of drug-likeness (QED) is 0.863. The Balaban J connectivity index is 1.89. The standard InChI is InChI=1S/C21H19NO4S/c1-12-4-9-20(14(3)13(12)2)27(25,26)21-19(24)11-16-6-5-15-10-17(23)7-8-18(15)22(16)21/h4-11,21,23H,1-3H3. The Morgan fingerprint density at radius 1 is 1.00 bits per heavy atom. The number of nitrogens with zero attached hydrogens (tertiary/aromatic N) is 1. The highest BCUT2D eigenvalue weighted by Crippen LogP contribution is 2.41. The molecule has 1 N–H and O–H groups in total. The van der Waals surface area contributed by atoms with Gasteiger partial charge in [-0.3, -0.25) is 4.79 Å². The maximum absolute atomic E-state index is 13.5. The van der Waals surface area contributed by atoms with Crippen LogP contribution in [-0.2, 0) is 14.6 Å². The Bertz CT molecular complexity index is 1160. The van der Waals surface area contributed by atoms with Gasteiger partial charge < -0.3 is 10.0 Å². The van der Waals surface area contributed by atoms with Gasteiger partial charge in [0.25, 0.3) is 0 Å². The van der Waals surface area contributed by atoms with Crippen molar-refractivity contribution < 1.29 is 18.3 Å². The third kappa shape index (κ3) is 2.51. The number of phenols is 1. The molecule has 5 nitrogen and oxygen atoms in total. The van der Waals surface area contributed by atoms with E-state index in [2.05, 4.69) is 0 Å². The molecule has 4 rings (SSSR count). The summed E-state index contributed by atoms with van der Waals surface area (Å²) < 4.78 is 27.0. The van der Waals surface area contributed by atoms with Crippen molar-refractivity contribution in [2.75, 3.05) is 4.90 Å². The van der Waals surface area contributed by atoms with Crippen LogP contribution in [-0.4, -0.2) is 24.7 Å². The molecular weight excluding hydrogens is 362 g/mol. The lowest BCUT2D eigenvalue weighted by Gasteiger charge is -2.31. The van der Waals surface area contributed by atoms with Gasteiger partial charge in [0.2, 0.25) is 15.2 Å². The van der Waals surface area contributed by atoms with Crippen LogP contribution in [0.25, 0.3) is 6.08 Å². The summed E-state index contributed by atoms with van der Waals surface area (Å²) in [5.41, 5.74) is 4.35. The molecule has 1 unspecified atom stereocenters. The number of anilines is 1. The molecule has 1 atom stereocenters. The number of rotatable bonds is 2. The minimum Gasteiger partial charge on any atom is -0.508 e. The number of aromatic hydroxyl groups is 1. The van der Waals surface area contributed by atoms with Crippen LogP contribution in [0, 0.1) is 20.8 Å². The van der Waals surface area contributed by atoms with E-state index >= 15 is 0 Å². The van der Waals surface area contributed by atoms with E-state index in [1.165, 1.54) is 12.1 Å². The van der Waals surface area contributed by atoms with Crippen LogP contribution >= 0.6 is 0 Å². The fourth-order valence-electron chi connectivity index (χ4n) is 3.66. The number of carbonyl (C=O) groups is 1. The summed E-state index contributed by atoms with van der Waals surface area (Å²) >= 11 is 0. The van der Waals surface area contributed by atoms with Gasteiger partial charge in [0.15, 0.2) is 5.78 Å². The first-order valence-corrected chi connectivity index (χ1v) is 10.1. The van der Waals surface area contributed by atoms with Gasteiger partial charge in [0.05, 0.1) is 10.6 Å². The van der Waals surface area contributed by atoms with E-state index in [1.54, 1.807) is 48.2 Å². The van der Waals surface area contributed by atoms with Gasteiger partial charge in [-0.25, -0.2) is 8.42 Å². The number of fused-ring (bicyclic) bond motifs is 3. The second-order valence-corrected chi connectivity index (χ2v) is 8.92. The molecule has 0 radical (unpaired) electrons. The zero-order valence-corrected chi connectivity index (χ0v) is 16.0. The minimum absolute atomic E-state index is 0.0840. The van der Waals surface area contributed by atoms with Crippen molar-refractivity contribution in [2.45, 2.75) is 31.0 Å². The van der Waals surface area contributed by atoms with Crippen LogP contribution in [0.5, 0.6) is 5.75 Å². The molecule has 2 aliphatic rings. The lowest BCUT2D eigenvalue weighted by molar-refractivity contribution is -0.113. The van der Waals surface area contributed by atoms with Gasteiger partial charge in [-0.05, 0) is 67.8 Å². The first kappa shape index (κ1) is 17.5. The molecule has 0 bridgehead atoms. The molecule has 0 fully saturated rings. The molecule has 2 heterocycles. The van der Waals surface area contributed by atoms with Crippen LogP contribution < -0.4 is 4.90 Å². The molecule has 0 amide bonds. The molecule has 0 aliphatic carbocycles. The molecule has 0 spiro atoms. The molecule has 0 aromatic heterocycles. The van der Waals surface area contributed by atoms with E-state index < -0.39 is 21.0 Å². The van der Waals surface area contributed by atoms with Crippen LogP contribution in [0.4, 0.5) is 5.69 Å². The van der Waals surface area contributed by atoms with Crippen molar-refractivity contribution >= 4 is 27.4 Å². The number of aryl methyl sites for hydroxylation is 1. The SMILES string of the molecule is Cc1ccc(S(=O)(=O)C2C(=O)C=C3C=Cc4cc(O)ccc4N32)c(C)c1C. The second kappa shape index (κ2) is 5.82. The maximum atomic E-state index is 13.5. The monoisotopic (exact) mass is 381 g/mol. The predicted octanol–water partition coefficient (Wildman–Crippen LogP) is 3.42. The number of phenolic OH excluding ortho intramolecular Hbond substituents is 1. The van der Waals surface area contributed by atoms with Crippen molar-refractivity contribution in [1.29, 1.82) is 0 Å². The number of hydrogen-bond donors (Lipinski definition) is 1. The lowest BCUT2D eigenvalue weighted by atomic mass is 10.1. The first-order valence-electron chi connectivity index (χ1n) is 8.58. The Kier molecular flexibility index (Phi) is 3.78. The molecule has 2 aromatic rings. The van der Waals surface area contributed by atoms with Crippen molar-refractivity contribution in [3.63, 3.8) is 0 Å². The average Bonchev–Trinajstić information content (AvgIpc) is 2.96. The molecular formula is C21H19NO4S. The Morgan fingerprint density at radius 2 is 1.74 bits per heavy atom. The summed E-state index contributed by atoms with van der Waals surface area (Å²) in [6.45, 7) is 5.58. The van der Waals surface area contributed by atoms with Gasteiger partial charge in [-0.1, -0.05) is 12.1 Å². The summed E-state index contributed by atoms with van der Waals surface area (Å²) in [6, 6.07) is 8.02. The molecule has 27 heavy (non-hydrogen) atoms. The Hall–Kier alpha value is -2.86. The lowest BCUT2D eigenvalue weighted by Crippen LogP contribution is -2.42. The summed E-state index contributed by atoms with van der Waals surface area (Å²) in [5.74, 6) is -0.381. The van der Waals surface area contributed by atoms with Crippen molar-refractivity contribution in [1.82, 2.24) is 0 Å².